The first-order valence-corrected chi connectivity index (χ1v) is 5.83. The third-order valence-corrected chi connectivity index (χ3v) is 3.26. The molecule has 0 radical (unpaired) electrons. The molecule has 0 saturated heterocycles. The van der Waals surface area contributed by atoms with E-state index in [0.29, 0.717) is 11.5 Å². The van der Waals surface area contributed by atoms with E-state index >= 15 is 0 Å². The fourth-order valence-electron chi connectivity index (χ4n) is 1.44. The summed E-state index contributed by atoms with van der Waals surface area (Å²) in [5, 5.41) is 0. The van der Waals surface area contributed by atoms with Crippen LogP contribution in [-0.2, 0) is 0 Å². The molecule has 0 spiro atoms. The van der Waals surface area contributed by atoms with Crippen LogP contribution in [-0.4, -0.2) is 31.1 Å². The van der Waals surface area contributed by atoms with Gasteiger partial charge in [-0.15, -0.1) is 0 Å². The highest BCUT2D eigenvalue weighted by atomic mass is 15.1. The molecule has 0 saturated carbocycles. The van der Waals surface area contributed by atoms with Gasteiger partial charge in [-0.2, -0.15) is 0 Å². The summed E-state index contributed by atoms with van der Waals surface area (Å²) in [6, 6.07) is 0.705. The van der Waals surface area contributed by atoms with Crippen molar-refractivity contribution in [1.82, 2.24) is 4.90 Å². The maximum Gasteiger partial charge on any atom is 0.00612 e. The molecule has 1 atom stereocenters. The van der Waals surface area contributed by atoms with E-state index in [1.54, 1.807) is 0 Å². The van der Waals surface area contributed by atoms with Crippen LogP contribution in [0.1, 0.15) is 47.0 Å². The Morgan fingerprint density at radius 2 is 1.93 bits per heavy atom. The van der Waals surface area contributed by atoms with Gasteiger partial charge in [0.15, 0.2) is 0 Å². The van der Waals surface area contributed by atoms with Gasteiger partial charge in [0.25, 0.3) is 0 Å². The lowest BCUT2D eigenvalue weighted by Gasteiger charge is -2.27. The molecular formula is C12H28N2. The zero-order valence-corrected chi connectivity index (χ0v) is 10.6. The Bertz CT molecular complexity index is 143. The lowest BCUT2D eigenvalue weighted by molar-refractivity contribution is 0.227. The van der Waals surface area contributed by atoms with Crippen molar-refractivity contribution in [1.29, 1.82) is 0 Å². The summed E-state index contributed by atoms with van der Waals surface area (Å²) in [5.74, 6) is 0. The second-order valence-electron chi connectivity index (χ2n) is 5.21. The van der Waals surface area contributed by atoms with Gasteiger partial charge in [-0.05, 0) is 51.7 Å². The van der Waals surface area contributed by atoms with Crippen molar-refractivity contribution >= 4 is 0 Å². The smallest absolute Gasteiger partial charge is 0.00612 e. The second-order valence-corrected chi connectivity index (χ2v) is 5.21. The Balaban J connectivity index is 3.63. The van der Waals surface area contributed by atoms with Crippen molar-refractivity contribution in [3.8, 4) is 0 Å². The number of hydrogen-bond acceptors (Lipinski definition) is 2. The summed E-state index contributed by atoms with van der Waals surface area (Å²) in [7, 11) is 2.21. The first-order valence-electron chi connectivity index (χ1n) is 5.83. The van der Waals surface area contributed by atoms with Crippen LogP contribution >= 0.6 is 0 Å². The molecule has 0 bridgehead atoms. The van der Waals surface area contributed by atoms with Crippen LogP contribution in [0.3, 0.4) is 0 Å². The molecule has 0 rings (SSSR count). The molecule has 1 unspecified atom stereocenters. The van der Waals surface area contributed by atoms with Gasteiger partial charge in [-0.3, -0.25) is 0 Å². The molecule has 0 fully saturated rings. The minimum Gasteiger partial charge on any atom is -0.330 e. The molecule has 2 heteroatoms. The van der Waals surface area contributed by atoms with Crippen LogP contribution in [0.25, 0.3) is 0 Å². The average molecular weight is 200 g/mol. The maximum atomic E-state index is 5.70. The molecule has 2 N–H and O–H groups in total. The number of nitrogens with zero attached hydrogens (tertiary/aromatic N) is 1. The standard InChI is InChI=1S/C12H28N2/c1-6-11(2)14(5)9-7-8-12(3,4)10-13/h11H,6-10,13H2,1-5H3. The van der Waals surface area contributed by atoms with Gasteiger partial charge >= 0.3 is 0 Å². The van der Waals surface area contributed by atoms with E-state index in [1.807, 2.05) is 0 Å². The van der Waals surface area contributed by atoms with E-state index in [9.17, 15) is 0 Å². The lowest BCUT2D eigenvalue weighted by Crippen LogP contribution is -2.31. The van der Waals surface area contributed by atoms with Crippen LogP contribution in [0.2, 0.25) is 0 Å². The minimum absolute atomic E-state index is 0.316. The van der Waals surface area contributed by atoms with E-state index in [0.717, 1.165) is 6.54 Å². The topological polar surface area (TPSA) is 29.3 Å². The summed E-state index contributed by atoms with van der Waals surface area (Å²) in [5.41, 5.74) is 6.01. The van der Waals surface area contributed by atoms with Gasteiger partial charge in [0.1, 0.15) is 0 Å². The van der Waals surface area contributed by atoms with Gasteiger partial charge in [0.05, 0.1) is 0 Å². The molecule has 86 valence electrons. The Hall–Kier alpha value is -0.0800. The molecule has 0 amide bonds. The fraction of sp³-hybridized carbons (Fsp3) is 1.00. The molecule has 14 heavy (non-hydrogen) atoms. The van der Waals surface area contributed by atoms with Crippen LogP contribution in [0, 0.1) is 5.41 Å². The zero-order valence-electron chi connectivity index (χ0n) is 10.6. The monoisotopic (exact) mass is 200 g/mol. The van der Waals surface area contributed by atoms with Gasteiger partial charge in [0.2, 0.25) is 0 Å². The quantitative estimate of drug-likeness (QED) is 0.684. The minimum atomic E-state index is 0.316. The van der Waals surface area contributed by atoms with E-state index in [1.165, 1.54) is 25.8 Å². The van der Waals surface area contributed by atoms with E-state index in [-0.39, 0.29) is 0 Å². The normalized spacial score (nSPS) is 14.8. The largest absolute Gasteiger partial charge is 0.330 e. The highest BCUT2D eigenvalue weighted by Gasteiger charge is 2.15. The van der Waals surface area contributed by atoms with Crippen molar-refractivity contribution in [3.05, 3.63) is 0 Å². The zero-order chi connectivity index (χ0) is 11.2. The summed E-state index contributed by atoms with van der Waals surface area (Å²) >= 11 is 0. The summed E-state index contributed by atoms with van der Waals surface area (Å²) in [4.78, 5) is 2.44. The van der Waals surface area contributed by atoms with E-state index in [4.69, 9.17) is 5.73 Å². The molecule has 2 nitrogen and oxygen atoms in total. The SMILES string of the molecule is CCC(C)N(C)CCCC(C)(C)CN. The van der Waals surface area contributed by atoms with Crippen LogP contribution in [0.15, 0.2) is 0 Å². The van der Waals surface area contributed by atoms with E-state index in [2.05, 4.69) is 39.6 Å². The third-order valence-electron chi connectivity index (χ3n) is 3.26. The summed E-state index contributed by atoms with van der Waals surface area (Å²) < 4.78 is 0. The number of rotatable bonds is 7. The third kappa shape index (κ3) is 5.61. The second kappa shape index (κ2) is 6.41. The highest BCUT2D eigenvalue weighted by molar-refractivity contribution is 4.70. The average Bonchev–Trinajstić information content (AvgIpc) is 2.16. The first-order chi connectivity index (χ1) is 6.43. The predicted molar refractivity (Wildman–Crippen MR) is 64.5 cm³/mol. The first kappa shape index (κ1) is 13.9. The molecular weight excluding hydrogens is 172 g/mol. The Morgan fingerprint density at radius 3 is 2.36 bits per heavy atom. The number of nitrogens with two attached hydrogens (primary N) is 1. The molecule has 0 aromatic heterocycles. The molecule has 0 aliphatic carbocycles. The molecule has 0 aliphatic rings. The molecule has 0 aromatic carbocycles. The molecule has 0 heterocycles. The van der Waals surface area contributed by atoms with Crippen molar-refractivity contribution in [2.75, 3.05) is 20.1 Å². The van der Waals surface area contributed by atoms with Crippen molar-refractivity contribution in [2.45, 2.75) is 53.0 Å². The number of hydrogen-bond donors (Lipinski definition) is 1. The maximum absolute atomic E-state index is 5.70. The van der Waals surface area contributed by atoms with Crippen LogP contribution in [0.5, 0.6) is 0 Å². The van der Waals surface area contributed by atoms with Gasteiger partial charge in [-0.1, -0.05) is 20.8 Å². The highest BCUT2D eigenvalue weighted by Crippen LogP contribution is 2.20. The summed E-state index contributed by atoms with van der Waals surface area (Å²) in [6.07, 6.45) is 3.71. The Labute approximate surface area is 89.9 Å². The fourth-order valence-corrected chi connectivity index (χ4v) is 1.44. The Morgan fingerprint density at radius 1 is 1.36 bits per heavy atom. The van der Waals surface area contributed by atoms with E-state index < -0.39 is 0 Å². The Kier molecular flexibility index (Phi) is 6.38. The molecule has 0 aromatic rings. The predicted octanol–water partition coefficient (Wildman–Crippen LogP) is 2.48. The van der Waals surface area contributed by atoms with Crippen LogP contribution < -0.4 is 5.73 Å². The van der Waals surface area contributed by atoms with Crippen LogP contribution in [0.4, 0.5) is 0 Å². The van der Waals surface area contributed by atoms with Crippen molar-refractivity contribution in [3.63, 3.8) is 0 Å². The van der Waals surface area contributed by atoms with Gasteiger partial charge < -0.3 is 10.6 Å². The molecule has 0 aliphatic heterocycles. The van der Waals surface area contributed by atoms with Gasteiger partial charge in [-0.25, -0.2) is 0 Å². The lowest BCUT2D eigenvalue weighted by atomic mass is 9.88. The van der Waals surface area contributed by atoms with Gasteiger partial charge in [0, 0.05) is 6.04 Å². The van der Waals surface area contributed by atoms with Crippen molar-refractivity contribution < 1.29 is 0 Å². The van der Waals surface area contributed by atoms with Crippen molar-refractivity contribution in [2.24, 2.45) is 11.1 Å². The summed E-state index contributed by atoms with van der Waals surface area (Å²) in [6.45, 7) is 11.0.